The third kappa shape index (κ3) is 2.40. The molecule has 0 aromatic heterocycles. The molecule has 1 aromatic rings. The second-order valence-electron chi connectivity index (χ2n) is 4.70. The first-order chi connectivity index (χ1) is 7.49. The van der Waals surface area contributed by atoms with E-state index in [1.54, 1.807) is 0 Å². The summed E-state index contributed by atoms with van der Waals surface area (Å²) in [5.41, 5.74) is 0.153. The lowest BCUT2D eigenvalue weighted by Crippen LogP contribution is -2.41. The molecule has 1 fully saturated rings. The molecule has 0 spiro atoms. The Kier molecular flexibility index (Phi) is 3.24. The maximum Gasteiger partial charge on any atom is 0.0945 e. The van der Waals surface area contributed by atoms with Crippen LogP contribution < -0.4 is 0 Å². The zero-order chi connectivity index (χ0) is 11.8. The van der Waals surface area contributed by atoms with E-state index in [4.69, 9.17) is 16.3 Å². The zero-order valence-corrected chi connectivity index (χ0v) is 10.4. The summed E-state index contributed by atoms with van der Waals surface area (Å²) in [5, 5.41) is 11.3. The van der Waals surface area contributed by atoms with E-state index >= 15 is 0 Å². The predicted octanol–water partition coefficient (Wildman–Crippen LogP) is 3.12. The van der Waals surface area contributed by atoms with Crippen molar-refractivity contribution < 1.29 is 9.84 Å². The van der Waals surface area contributed by atoms with Gasteiger partial charge in [-0.2, -0.15) is 0 Å². The van der Waals surface area contributed by atoms with E-state index < -0.39 is 5.60 Å². The van der Waals surface area contributed by atoms with Crippen LogP contribution in [0, 0.1) is 0 Å². The number of halogens is 1. The molecule has 2 unspecified atom stereocenters. The van der Waals surface area contributed by atoms with Gasteiger partial charge >= 0.3 is 0 Å². The number of ether oxygens (including phenoxy) is 1. The lowest BCUT2D eigenvalue weighted by Gasteiger charge is -2.39. The number of aliphatic hydroxyl groups is 1. The summed E-state index contributed by atoms with van der Waals surface area (Å²) in [6, 6.07) is 7.43. The van der Waals surface area contributed by atoms with Gasteiger partial charge in [0.05, 0.1) is 17.8 Å². The molecule has 1 aromatic carbocycles. The van der Waals surface area contributed by atoms with Crippen LogP contribution in [0.1, 0.15) is 32.3 Å². The molecular formula is C13H17ClO2. The van der Waals surface area contributed by atoms with Crippen molar-refractivity contribution in [1.29, 1.82) is 0 Å². The Morgan fingerprint density at radius 1 is 1.19 bits per heavy atom. The van der Waals surface area contributed by atoms with Gasteiger partial charge in [-0.15, -0.1) is 0 Å². The minimum absolute atomic E-state index is 0.0874. The maximum atomic E-state index is 10.7. The van der Waals surface area contributed by atoms with Crippen molar-refractivity contribution in [2.24, 2.45) is 0 Å². The maximum absolute atomic E-state index is 10.7. The Bertz CT molecular complexity index is 351. The third-order valence-electron chi connectivity index (χ3n) is 3.10. The summed E-state index contributed by atoms with van der Waals surface area (Å²) in [5.74, 6) is 0. The van der Waals surface area contributed by atoms with Crippen molar-refractivity contribution in [3.63, 3.8) is 0 Å². The van der Waals surface area contributed by atoms with Crippen molar-refractivity contribution in [3.05, 3.63) is 34.9 Å². The Morgan fingerprint density at radius 2 is 1.69 bits per heavy atom. The second-order valence-corrected chi connectivity index (χ2v) is 5.14. The van der Waals surface area contributed by atoms with E-state index in [1.807, 2.05) is 38.1 Å². The van der Waals surface area contributed by atoms with E-state index in [2.05, 4.69) is 0 Å². The van der Waals surface area contributed by atoms with Gasteiger partial charge in [-0.25, -0.2) is 0 Å². The molecule has 88 valence electrons. The molecule has 1 aliphatic rings. The van der Waals surface area contributed by atoms with Crippen molar-refractivity contribution >= 4 is 11.6 Å². The van der Waals surface area contributed by atoms with E-state index in [9.17, 15) is 5.11 Å². The molecule has 1 N–H and O–H groups in total. The summed E-state index contributed by atoms with van der Waals surface area (Å²) in [6.45, 7) is 3.99. The van der Waals surface area contributed by atoms with Crippen LogP contribution in [0.4, 0.5) is 0 Å². The topological polar surface area (TPSA) is 29.5 Å². The molecule has 0 saturated carbocycles. The number of benzene rings is 1. The molecule has 2 nitrogen and oxygen atoms in total. The zero-order valence-electron chi connectivity index (χ0n) is 9.61. The number of hydrogen-bond donors (Lipinski definition) is 1. The molecule has 0 amide bonds. The largest absolute Gasteiger partial charge is 0.385 e. The van der Waals surface area contributed by atoms with Crippen LogP contribution in [0.25, 0.3) is 0 Å². The summed E-state index contributed by atoms with van der Waals surface area (Å²) >= 11 is 5.85. The first-order valence-electron chi connectivity index (χ1n) is 5.63. The van der Waals surface area contributed by atoms with Crippen LogP contribution in [0.15, 0.2) is 24.3 Å². The highest BCUT2D eigenvalue weighted by Gasteiger charge is 2.38. The number of hydrogen-bond acceptors (Lipinski definition) is 2. The van der Waals surface area contributed by atoms with Crippen LogP contribution in [0.5, 0.6) is 0 Å². The van der Waals surface area contributed by atoms with Gasteiger partial charge in [0.1, 0.15) is 0 Å². The predicted molar refractivity (Wildman–Crippen MR) is 64.6 cm³/mol. The van der Waals surface area contributed by atoms with Crippen LogP contribution in [0.2, 0.25) is 5.02 Å². The van der Waals surface area contributed by atoms with Gasteiger partial charge in [0.15, 0.2) is 0 Å². The summed E-state index contributed by atoms with van der Waals surface area (Å²) < 4.78 is 5.64. The lowest BCUT2D eigenvalue weighted by atomic mass is 9.82. The molecule has 2 rings (SSSR count). The molecule has 0 bridgehead atoms. The van der Waals surface area contributed by atoms with Crippen LogP contribution in [0.3, 0.4) is 0 Å². The van der Waals surface area contributed by atoms with E-state index in [0.717, 1.165) is 5.56 Å². The average Bonchev–Trinajstić information content (AvgIpc) is 2.16. The molecule has 0 radical (unpaired) electrons. The quantitative estimate of drug-likeness (QED) is 0.817. The standard InChI is InChI=1S/C13H17ClO2/c1-9-7-13(15,8-10(2)16-9)11-3-5-12(14)6-4-11/h3-6,9-10,15H,7-8H2,1-2H3. The fraction of sp³-hybridized carbons (Fsp3) is 0.538. The summed E-state index contributed by atoms with van der Waals surface area (Å²) in [7, 11) is 0. The SMILES string of the molecule is CC1CC(O)(c2ccc(Cl)cc2)CC(C)O1. The van der Waals surface area contributed by atoms with Crippen LogP contribution in [-0.2, 0) is 10.3 Å². The molecular weight excluding hydrogens is 224 g/mol. The Balaban J connectivity index is 2.26. The smallest absolute Gasteiger partial charge is 0.0945 e. The van der Waals surface area contributed by atoms with Crippen molar-refractivity contribution in [3.8, 4) is 0 Å². The van der Waals surface area contributed by atoms with Crippen molar-refractivity contribution in [2.75, 3.05) is 0 Å². The fourth-order valence-electron chi connectivity index (χ4n) is 2.52. The monoisotopic (exact) mass is 240 g/mol. The Labute approximate surface area is 101 Å². The van der Waals surface area contributed by atoms with Crippen LogP contribution in [-0.4, -0.2) is 17.3 Å². The third-order valence-corrected chi connectivity index (χ3v) is 3.35. The Morgan fingerprint density at radius 3 is 2.19 bits per heavy atom. The molecule has 16 heavy (non-hydrogen) atoms. The van der Waals surface area contributed by atoms with Crippen molar-refractivity contribution in [1.82, 2.24) is 0 Å². The first kappa shape index (κ1) is 11.9. The van der Waals surface area contributed by atoms with E-state index in [1.165, 1.54) is 0 Å². The highest BCUT2D eigenvalue weighted by molar-refractivity contribution is 6.30. The molecule has 0 aliphatic carbocycles. The van der Waals surface area contributed by atoms with Gasteiger partial charge in [0.25, 0.3) is 0 Å². The minimum atomic E-state index is -0.776. The highest BCUT2D eigenvalue weighted by atomic mass is 35.5. The average molecular weight is 241 g/mol. The van der Waals surface area contributed by atoms with Gasteiger partial charge in [-0.3, -0.25) is 0 Å². The Hall–Kier alpha value is -0.570. The van der Waals surface area contributed by atoms with Gasteiger partial charge < -0.3 is 9.84 Å². The molecule has 2 atom stereocenters. The molecule has 1 heterocycles. The van der Waals surface area contributed by atoms with Crippen LogP contribution >= 0.6 is 11.6 Å². The van der Waals surface area contributed by atoms with Gasteiger partial charge in [-0.05, 0) is 31.5 Å². The first-order valence-corrected chi connectivity index (χ1v) is 6.01. The highest BCUT2D eigenvalue weighted by Crippen LogP contribution is 2.37. The molecule has 1 aliphatic heterocycles. The van der Waals surface area contributed by atoms with Gasteiger partial charge in [-0.1, -0.05) is 23.7 Å². The normalized spacial score (nSPS) is 35.0. The van der Waals surface area contributed by atoms with Gasteiger partial charge in [0.2, 0.25) is 0 Å². The van der Waals surface area contributed by atoms with Gasteiger partial charge in [0, 0.05) is 17.9 Å². The minimum Gasteiger partial charge on any atom is -0.385 e. The van der Waals surface area contributed by atoms with Crippen molar-refractivity contribution in [2.45, 2.75) is 44.5 Å². The molecule has 1 saturated heterocycles. The molecule has 3 heteroatoms. The number of rotatable bonds is 1. The fourth-order valence-corrected chi connectivity index (χ4v) is 2.65. The van der Waals surface area contributed by atoms with E-state index in [-0.39, 0.29) is 12.2 Å². The second kappa shape index (κ2) is 4.36. The van der Waals surface area contributed by atoms with E-state index in [0.29, 0.717) is 17.9 Å². The lowest BCUT2D eigenvalue weighted by molar-refractivity contribution is -0.135. The summed E-state index contributed by atoms with van der Waals surface area (Å²) in [4.78, 5) is 0. The summed E-state index contributed by atoms with van der Waals surface area (Å²) in [6.07, 6.45) is 1.45.